The third-order valence-electron chi connectivity index (χ3n) is 5.24. The van der Waals surface area contributed by atoms with Crippen molar-refractivity contribution in [1.82, 2.24) is 9.88 Å². The number of ether oxygens (including phenoxy) is 1. The van der Waals surface area contributed by atoms with Gasteiger partial charge in [0.2, 0.25) is 5.91 Å². The second kappa shape index (κ2) is 7.75. The average molecular weight is 387 g/mol. The lowest BCUT2D eigenvalue weighted by atomic mass is 9.79. The van der Waals surface area contributed by atoms with E-state index in [1.165, 1.54) is 0 Å². The first-order valence-corrected chi connectivity index (χ1v) is 9.32. The Bertz CT molecular complexity index is 1030. The number of carbonyl (C=O) groups is 2. The summed E-state index contributed by atoms with van der Waals surface area (Å²) in [5.74, 6) is 0.292. The molecule has 0 unspecified atom stereocenters. The monoisotopic (exact) mass is 387 g/mol. The molecular formula is C23H21N3O3. The summed E-state index contributed by atoms with van der Waals surface area (Å²) in [5.41, 5.74) is 2.11. The Hall–Kier alpha value is -3.67. The molecule has 6 heteroatoms. The van der Waals surface area contributed by atoms with E-state index < -0.39 is 12.0 Å². The van der Waals surface area contributed by atoms with Crippen LogP contribution < -0.4 is 10.1 Å². The molecular weight excluding hydrogens is 366 g/mol. The number of pyridine rings is 1. The first-order chi connectivity index (χ1) is 14.1. The van der Waals surface area contributed by atoms with Crippen molar-refractivity contribution in [1.29, 1.82) is 0 Å². The van der Waals surface area contributed by atoms with E-state index in [9.17, 15) is 9.59 Å². The van der Waals surface area contributed by atoms with Crippen LogP contribution in [0.5, 0.6) is 5.75 Å². The van der Waals surface area contributed by atoms with Gasteiger partial charge in [-0.15, -0.1) is 0 Å². The normalized spacial score (nSPS) is 18.1. The quantitative estimate of drug-likeness (QED) is 0.742. The molecule has 1 aliphatic heterocycles. The maximum atomic E-state index is 13.4. The Morgan fingerprint density at radius 1 is 1.03 bits per heavy atom. The van der Waals surface area contributed by atoms with E-state index in [1.807, 2.05) is 48.5 Å². The number of hydrogen-bond donors (Lipinski definition) is 1. The smallest absolute Gasteiger partial charge is 0.254 e. The van der Waals surface area contributed by atoms with Gasteiger partial charge in [0.05, 0.1) is 19.1 Å². The van der Waals surface area contributed by atoms with Crippen LogP contribution >= 0.6 is 0 Å². The third kappa shape index (κ3) is 3.45. The van der Waals surface area contributed by atoms with Crippen molar-refractivity contribution in [3.63, 3.8) is 0 Å². The molecule has 29 heavy (non-hydrogen) atoms. The number of aromatic nitrogens is 1. The molecule has 0 fully saturated rings. The summed E-state index contributed by atoms with van der Waals surface area (Å²) in [6, 6.07) is 19.6. The molecule has 1 N–H and O–H groups in total. The SMILES string of the molecule is COc1ccc([C@@H]2[C@@H](C(=O)Nc3ccccn3)c3ccccc3C(=O)N2C)cc1. The van der Waals surface area contributed by atoms with Crippen molar-refractivity contribution in [2.45, 2.75) is 12.0 Å². The second-order valence-electron chi connectivity index (χ2n) is 6.90. The minimum absolute atomic E-state index is 0.108. The number of amides is 2. The van der Waals surface area contributed by atoms with Gasteiger partial charge in [0, 0.05) is 18.8 Å². The number of likely N-dealkylation sites (N-methyl/N-ethyl adjacent to an activating group) is 1. The molecule has 2 atom stereocenters. The highest BCUT2D eigenvalue weighted by Gasteiger charge is 2.42. The molecule has 2 amide bonds. The molecule has 0 spiro atoms. The Morgan fingerprint density at radius 2 is 1.76 bits per heavy atom. The van der Waals surface area contributed by atoms with Gasteiger partial charge < -0.3 is 15.0 Å². The zero-order valence-corrected chi connectivity index (χ0v) is 16.2. The zero-order chi connectivity index (χ0) is 20.4. The molecule has 2 aromatic carbocycles. The van der Waals surface area contributed by atoms with Crippen molar-refractivity contribution >= 4 is 17.6 Å². The summed E-state index contributed by atoms with van der Waals surface area (Å²) in [5, 5.41) is 2.90. The number of methoxy groups -OCH3 is 1. The van der Waals surface area contributed by atoms with E-state index >= 15 is 0 Å². The largest absolute Gasteiger partial charge is 0.497 e. The van der Waals surface area contributed by atoms with Gasteiger partial charge in [-0.05, 0) is 41.5 Å². The zero-order valence-electron chi connectivity index (χ0n) is 16.2. The molecule has 1 aromatic heterocycles. The molecule has 0 radical (unpaired) electrons. The Balaban J connectivity index is 1.80. The van der Waals surface area contributed by atoms with Crippen molar-refractivity contribution < 1.29 is 14.3 Å². The molecule has 0 aliphatic carbocycles. The molecule has 0 bridgehead atoms. The highest BCUT2D eigenvalue weighted by atomic mass is 16.5. The molecule has 6 nitrogen and oxygen atoms in total. The molecule has 1 aliphatic rings. The van der Waals surface area contributed by atoms with Crippen LogP contribution in [-0.4, -0.2) is 35.9 Å². The van der Waals surface area contributed by atoms with Gasteiger partial charge >= 0.3 is 0 Å². The Labute approximate surface area is 169 Å². The summed E-state index contributed by atoms with van der Waals surface area (Å²) < 4.78 is 5.25. The van der Waals surface area contributed by atoms with Gasteiger partial charge in [-0.25, -0.2) is 4.98 Å². The molecule has 4 rings (SSSR count). The highest BCUT2D eigenvalue weighted by Crippen LogP contribution is 2.42. The fourth-order valence-electron chi connectivity index (χ4n) is 3.82. The van der Waals surface area contributed by atoms with E-state index in [0.717, 1.165) is 5.56 Å². The number of rotatable bonds is 4. The predicted octanol–water partition coefficient (Wildman–Crippen LogP) is 3.64. The van der Waals surface area contributed by atoms with Crippen LogP contribution in [0, 0.1) is 0 Å². The summed E-state index contributed by atoms with van der Waals surface area (Å²) in [6.45, 7) is 0. The second-order valence-corrected chi connectivity index (χ2v) is 6.90. The number of anilines is 1. The molecule has 0 saturated heterocycles. The van der Waals surface area contributed by atoms with Crippen molar-refractivity contribution in [2.24, 2.45) is 0 Å². The van der Waals surface area contributed by atoms with E-state index in [2.05, 4.69) is 10.3 Å². The molecule has 3 aromatic rings. The Morgan fingerprint density at radius 3 is 2.45 bits per heavy atom. The van der Waals surface area contributed by atoms with Gasteiger partial charge in [0.15, 0.2) is 0 Å². The number of hydrogen-bond acceptors (Lipinski definition) is 4. The number of nitrogens with zero attached hydrogens (tertiary/aromatic N) is 2. The van der Waals surface area contributed by atoms with Crippen LogP contribution in [-0.2, 0) is 4.79 Å². The summed E-state index contributed by atoms with van der Waals surface area (Å²) in [7, 11) is 3.33. The van der Waals surface area contributed by atoms with Crippen molar-refractivity contribution in [3.05, 3.63) is 89.6 Å². The van der Waals surface area contributed by atoms with Crippen LogP contribution in [0.1, 0.15) is 33.4 Å². The lowest BCUT2D eigenvalue weighted by Crippen LogP contribution is -2.44. The van der Waals surface area contributed by atoms with Crippen LogP contribution in [0.2, 0.25) is 0 Å². The lowest BCUT2D eigenvalue weighted by molar-refractivity contribution is -0.119. The number of fused-ring (bicyclic) bond motifs is 1. The van der Waals surface area contributed by atoms with Gasteiger partial charge in [-0.2, -0.15) is 0 Å². The maximum Gasteiger partial charge on any atom is 0.254 e. The first kappa shape index (κ1) is 18.7. The van der Waals surface area contributed by atoms with E-state index in [4.69, 9.17) is 4.74 Å². The van der Waals surface area contributed by atoms with Gasteiger partial charge in [0.1, 0.15) is 11.6 Å². The molecule has 0 saturated carbocycles. The highest BCUT2D eigenvalue weighted by molar-refractivity contribution is 6.04. The number of benzene rings is 2. The third-order valence-corrected chi connectivity index (χ3v) is 5.24. The van der Waals surface area contributed by atoms with Crippen LogP contribution in [0.4, 0.5) is 5.82 Å². The lowest BCUT2D eigenvalue weighted by Gasteiger charge is -2.39. The minimum Gasteiger partial charge on any atom is -0.497 e. The predicted molar refractivity (Wildman–Crippen MR) is 110 cm³/mol. The first-order valence-electron chi connectivity index (χ1n) is 9.32. The van der Waals surface area contributed by atoms with E-state index in [-0.39, 0.29) is 11.8 Å². The van der Waals surface area contributed by atoms with Gasteiger partial charge in [-0.3, -0.25) is 9.59 Å². The Kier molecular flexibility index (Phi) is 4.99. The summed E-state index contributed by atoms with van der Waals surface area (Å²) >= 11 is 0. The number of carbonyl (C=O) groups excluding carboxylic acids is 2. The van der Waals surface area contributed by atoms with E-state index in [1.54, 1.807) is 43.5 Å². The van der Waals surface area contributed by atoms with Crippen LogP contribution in [0.15, 0.2) is 72.9 Å². The maximum absolute atomic E-state index is 13.4. The average Bonchev–Trinajstić information content (AvgIpc) is 2.77. The van der Waals surface area contributed by atoms with Gasteiger partial charge in [0.25, 0.3) is 5.91 Å². The standard InChI is InChI=1S/C23H21N3O3/c1-26-21(15-10-12-16(29-2)13-11-15)20(17-7-3-4-8-18(17)23(26)28)22(27)25-19-9-5-6-14-24-19/h3-14,20-21H,1-2H3,(H,24,25,27)/t20-,21+/m0/s1. The summed E-state index contributed by atoms with van der Waals surface area (Å²) in [4.78, 5) is 32.2. The van der Waals surface area contributed by atoms with Crippen LogP contribution in [0.3, 0.4) is 0 Å². The fraction of sp³-hybridized carbons (Fsp3) is 0.174. The summed E-state index contributed by atoms with van der Waals surface area (Å²) in [6.07, 6.45) is 1.63. The fourth-order valence-corrected chi connectivity index (χ4v) is 3.82. The van der Waals surface area contributed by atoms with Crippen molar-refractivity contribution in [3.8, 4) is 5.75 Å². The number of nitrogens with one attached hydrogen (secondary N) is 1. The van der Waals surface area contributed by atoms with Crippen molar-refractivity contribution in [2.75, 3.05) is 19.5 Å². The topological polar surface area (TPSA) is 71.5 Å². The van der Waals surface area contributed by atoms with Gasteiger partial charge in [-0.1, -0.05) is 36.4 Å². The minimum atomic E-state index is -0.579. The van der Waals surface area contributed by atoms with Crippen LogP contribution in [0.25, 0.3) is 0 Å². The molecule has 146 valence electrons. The molecule has 2 heterocycles. The van der Waals surface area contributed by atoms with E-state index in [0.29, 0.717) is 22.7 Å².